The number of amides is 1. The topological polar surface area (TPSA) is 29.1 Å². The van der Waals surface area contributed by atoms with Crippen molar-refractivity contribution in [3.05, 3.63) is 33.3 Å². The van der Waals surface area contributed by atoms with Crippen molar-refractivity contribution in [1.29, 1.82) is 0 Å². The summed E-state index contributed by atoms with van der Waals surface area (Å²) in [5.41, 5.74) is 0.219. The minimum atomic E-state index is -0.328. The number of carbonyl (C=O) groups excluding carboxylic acids is 1. The van der Waals surface area contributed by atoms with Gasteiger partial charge in [-0.05, 0) is 32.0 Å². The standard InChI is InChI=1S/C12H14Br2ClNO/c1-7(13)12(2,3)16-11(17)8-4-9(14)6-10(15)5-8/h4-7H,1-3H3,(H,16,17). The lowest BCUT2D eigenvalue weighted by atomic mass is 10.0. The molecule has 0 saturated carbocycles. The molecule has 0 heterocycles. The minimum absolute atomic E-state index is 0.135. The van der Waals surface area contributed by atoms with Crippen LogP contribution in [-0.2, 0) is 0 Å². The minimum Gasteiger partial charge on any atom is -0.346 e. The molecule has 1 rings (SSSR count). The van der Waals surface area contributed by atoms with E-state index >= 15 is 0 Å². The second kappa shape index (κ2) is 5.72. The fourth-order valence-electron chi connectivity index (χ4n) is 1.15. The third-order valence-corrected chi connectivity index (χ3v) is 4.38. The zero-order chi connectivity index (χ0) is 13.2. The Kier molecular flexibility index (Phi) is 5.05. The molecule has 1 amide bonds. The Morgan fingerprint density at radius 2 is 2.00 bits per heavy atom. The largest absolute Gasteiger partial charge is 0.346 e. The lowest BCUT2D eigenvalue weighted by molar-refractivity contribution is 0.0914. The number of nitrogens with one attached hydrogen (secondary N) is 1. The molecule has 1 N–H and O–H groups in total. The van der Waals surface area contributed by atoms with Crippen molar-refractivity contribution in [3.8, 4) is 0 Å². The van der Waals surface area contributed by atoms with E-state index in [0.29, 0.717) is 10.6 Å². The number of halogens is 3. The van der Waals surface area contributed by atoms with Crippen LogP contribution in [-0.4, -0.2) is 16.3 Å². The van der Waals surface area contributed by atoms with Crippen LogP contribution >= 0.6 is 43.5 Å². The molecule has 2 nitrogen and oxygen atoms in total. The van der Waals surface area contributed by atoms with Gasteiger partial charge in [-0.1, -0.05) is 50.4 Å². The highest BCUT2D eigenvalue weighted by Gasteiger charge is 2.26. The highest BCUT2D eigenvalue weighted by Crippen LogP contribution is 2.21. The Morgan fingerprint density at radius 3 is 2.47 bits per heavy atom. The van der Waals surface area contributed by atoms with Crippen LogP contribution in [0.4, 0.5) is 0 Å². The van der Waals surface area contributed by atoms with Crippen molar-refractivity contribution in [2.75, 3.05) is 0 Å². The Labute approximate surface area is 123 Å². The maximum Gasteiger partial charge on any atom is 0.251 e. The molecule has 0 fully saturated rings. The zero-order valence-corrected chi connectivity index (χ0v) is 13.8. The van der Waals surface area contributed by atoms with Crippen LogP contribution in [0, 0.1) is 0 Å². The predicted octanol–water partition coefficient (Wildman–Crippen LogP) is 4.39. The highest BCUT2D eigenvalue weighted by atomic mass is 79.9. The fourth-order valence-corrected chi connectivity index (χ4v) is 2.12. The van der Waals surface area contributed by atoms with Gasteiger partial charge in [0.2, 0.25) is 0 Å². The van der Waals surface area contributed by atoms with Crippen LogP contribution in [0.25, 0.3) is 0 Å². The molecule has 1 atom stereocenters. The fraction of sp³-hybridized carbons (Fsp3) is 0.417. The molecule has 94 valence electrons. The van der Waals surface area contributed by atoms with Gasteiger partial charge < -0.3 is 5.32 Å². The Balaban J connectivity index is 2.91. The molecule has 0 saturated heterocycles. The number of alkyl halides is 1. The van der Waals surface area contributed by atoms with Gasteiger partial charge in [0, 0.05) is 25.4 Å². The maximum absolute atomic E-state index is 12.1. The van der Waals surface area contributed by atoms with E-state index in [4.69, 9.17) is 11.6 Å². The monoisotopic (exact) mass is 381 g/mol. The zero-order valence-electron chi connectivity index (χ0n) is 9.85. The third-order valence-electron chi connectivity index (χ3n) is 2.55. The van der Waals surface area contributed by atoms with Crippen molar-refractivity contribution in [2.45, 2.75) is 31.1 Å². The first-order valence-corrected chi connectivity index (χ1v) is 7.24. The van der Waals surface area contributed by atoms with E-state index < -0.39 is 0 Å². The van der Waals surface area contributed by atoms with E-state index in [-0.39, 0.29) is 16.3 Å². The van der Waals surface area contributed by atoms with Crippen LogP contribution in [0.15, 0.2) is 22.7 Å². The van der Waals surface area contributed by atoms with E-state index in [1.165, 1.54) is 0 Å². The molecule has 1 aromatic rings. The number of benzene rings is 1. The van der Waals surface area contributed by atoms with Gasteiger partial charge in [-0.25, -0.2) is 0 Å². The molecule has 1 aromatic carbocycles. The lowest BCUT2D eigenvalue weighted by Crippen LogP contribution is -2.48. The van der Waals surface area contributed by atoms with Crippen LogP contribution in [0.3, 0.4) is 0 Å². The molecule has 5 heteroatoms. The molecule has 0 aliphatic heterocycles. The van der Waals surface area contributed by atoms with Crippen LogP contribution in [0.2, 0.25) is 5.02 Å². The normalized spacial score (nSPS) is 13.3. The van der Waals surface area contributed by atoms with E-state index in [9.17, 15) is 4.79 Å². The number of rotatable bonds is 3. The van der Waals surface area contributed by atoms with Gasteiger partial charge in [0.25, 0.3) is 5.91 Å². The molecule has 0 bridgehead atoms. The number of hydrogen-bond donors (Lipinski definition) is 1. The molecule has 0 aromatic heterocycles. The van der Waals surface area contributed by atoms with Gasteiger partial charge in [0.05, 0.1) is 0 Å². The predicted molar refractivity (Wildman–Crippen MR) is 79.1 cm³/mol. The molecular weight excluding hydrogens is 369 g/mol. The summed E-state index contributed by atoms with van der Waals surface area (Å²) in [6.07, 6.45) is 0. The molecule has 17 heavy (non-hydrogen) atoms. The number of hydrogen-bond acceptors (Lipinski definition) is 1. The first-order valence-electron chi connectivity index (χ1n) is 5.15. The second-order valence-electron chi connectivity index (χ2n) is 4.45. The van der Waals surface area contributed by atoms with Crippen molar-refractivity contribution < 1.29 is 4.79 Å². The second-order valence-corrected chi connectivity index (χ2v) is 7.18. The summed E-state index contributed by atoms with van der Waals surface area (Å²) in [5, 5.41) is 3.50. The van der Waals surface area contributed by atoms with Gasteiger partial charge in [-0.3, -0.25) is 4.79 Å². The smallest absolute Gasteiger partial charge is 0.251 e. The number of carbonyl (C=O) groups is 1. The quantitative estimate of drug-likeness (QED) is 0.771. The van der Waals surface area contributed by atoms with Crippen molar-refractivity contribution in [1.82, 2.24) is 5.32 Å². The van der Waals surface area contributed by atoms with Crippen molar-refractivity contribution in [3.63, 3.8) is 0 Å². The summed E-state index contributed by atoms with van der Waals surface area (Å²) in [6.45, 7) is 5.92. The summed E-state index contributed by atoms with van der Waals surface area (Å²) < 4.78 is 0.792. The van der Waals surface area contributed by atoms with E-state index in [1.54, 1.807) is 18.2 Å². The van der Waals surface area contributed by atoms with Gasteiger partial charge in [-0.15, -0.1) is 0 Å². The Morgan fingerprint density at radius 1 is 1.41 bits per heavy atom. The van der Waals surface area contributed by atoms with E-state index in [0.717, 1.165) is 4.47 Å². The molecule has 0 aliphatic rings. The average Bonchev–Trinajstić information content (AvgIpc) is 2.15. The molecule has 0 radical (unpaired) electrons. The van der Waals surface area contributed by atoms with Crippen LogP contribution in [0.1, 0.15) is 31.1 Å². The van der Waals surface area contributed by atoms with Crippen LogP contribution in [0.5, 0.6) is 0 Å². The van der Waals surface area contributed by atoms with E-state index in [2.05, 4.69) is 37.2 Å². The Hall–Kier alpha value is -0.0600. The average molecular weight is 384 g/mol. The first-order chi connectivity index (χ1) is 7.72. The molecular formula is C12H14Br2ClNO. The summed E-state index contributed by atoms with van der Waals surface area (Å²) in [4.78, 5) is 12.2. The summed E-state index contributed by atoms with van der Waals surface area (Å²) in [5.74, 6) is -0.135. The van der Waals surface area contributed by atoms with Gasteiger partial charge in [0.1, 0.15) is 0 Å². The van der Waals surface area contributed by atoms with Crippen LogP contribution < -0.4 is 5.32 Å². The summed E-state index contributed by atoms with van der Waals surface area (Å²) >= 11 is 12.7. The van der Waals surface area contributed by atoms with Crippen molar-refractivity contribution >= 4 is 49.4 Å². The van der Waals surface area contributed by atoms with E-state index in [1.807, 2.05) is 20.8 Å². The van der Waals surface area contributed by atoms with Crippen molar-refractivity contribution in [2.24, 2.45) is 0 Å². The Bertz CT molecular complexity index is 412. The molecule has 0 aliphatic carbocycles. The van der Waals surface area contributed by atoms with Gasteiger partial charge >= 0.3 is 0 Å². The molecule has 0 spiro atoms. The summed E-state index contributed by atoms with van der Waals surface area (Å²) in [7, 11) is 0. The highest BCUT2D eigenvalue weighted by molar-refractivity contribution is 9.10. The van der Waals surface area contributed by atoms with Gasteiger partial charge in [0.15, 0.2) is 0 Å². The summed E-state index contributed by atoms with van der Waals surface area (Å²) in [6, 6.07) is 5.14. The first kappa shape index (κ1) is 15.0. The third kappa shape index (κ3) is 4.27. The maximum atomic E-state index is 12.1. The SMILES string of the molecule is CC(Br)C(C)(C)NC(=O)c1cc(Cl)cc(Br)c1. The molecule has 1 unspecified atom stereocenters. The van der Waals surface area contributed by atoms with Gasteiger partial charge in [-0.2, -0.15) is 0 Å². The lowest BCUT2D eigenvalue weighted by Gasteiger charge is -2.29.